The van der Waals surface area contributed by atoms with Crippen LogP contribution in [0.15, 0.2) is 42.5 Å². The van der Waals surface area contributed by atoms with Crippen molar-refractivity contribution in [3.63, 3.8) is 0 Å². The minimum absolute atomic E-state index is 0.206. The van der Waals surface area contributed by atoms with Gasteiger partial charge in [-0.2, -0.15) is 0 Å². The van der Waals surface area contributed by atoms with Crippen molar-refractivity contribution in [3.8, 4) is 5.75 Å². The number of rotatable bonds is 5. The summed E-state index contributed by atoms with van der Waals surface area (Å²) in [5.41, 5.74) is 0. The summed E-state index contributed by atoms with van der Waals surface area (Å²) < 4.78 is 11.4. The van der Waals surface area contributed by atoms with Crippen LogP contribution in [0.25, 0.3) is 10.8 Å². The topological polar surface area (TPSA) is 41.9 Å². The first kappa shape index (κ1) is 16.2. The highest BCUT2D eigenvalue weighted by molar-refractivity contribution is 5.83. The molecule has 1 saturated heterocycles. The lowest BCUT2D eigenvalue weighted by Gasteiger charge is -2.38. The molecule has 0 radical (unpaired) electrons. The number of aliphatic hydroxyl groups is 1. The van der Waals surface area contributed by atoms with Gasteiger partial charge in [-0.25, -0.2) is 0 Å². The van der Waals surface area contributed by atoms with E-state index in [9.17, 15) is 5.11 Å². The molecule has 2 aromatic rings. The standard InChI is InChI=1S/C19H25NO3/c1-14-15(2)22-10-9-20(14)12-18(21)13-23-19-8-7-16-5-3-4-6-17(16)11-19/h3-8,11,14-15,18,21H,9-10,12-13H2,1-2H3. The summed E-state index contributed by atoms with van der Waals surface area (Å²) >= 11 is 0. The number of fused-ring (bicyclic) bond motifs is 1. The van der Waals surface area contributed by atoms with Crippen LogP contribution < -0.4 is 4.74 Å². The van der Waals surface area contributed by atoms with Crippen LogP contribution in [-0.4, -0.2) is 54.6 Å². The third-order valence-corrected chi connectivity index (χ3v) is 4.62. The number of ether oxygens (including phenoxy) is 2. The fraction of sp³-hybridized carbons (Fsp3) is 0.474. The Labute approximate surface area is 137 Å². The Morgan fingerprint density at radius 1 is 1.22 bits per heavy atom. The smallest absolute Gasteiger partial charge is 0.120 e. The minimum atomic E-state index is -0.505. The van der Waals surface area contributed by atoms with Gasteiger partial charge in [0.25, 0.3) is 0 Å². The molecule has 1 aliphatic rings. The second kappa shape index (κ2) is 7.30. The van der Waals surface area contributed by atoms with Crippen LogP contribution in [0.5, 0.6) is 5.75 Å². The number of hydrogen-bond acceptors (Lipinski definition) is 4. The maximum atomic E-state index is 10.3. The van der Waals surface area contributed by atoms with E-state index >= 15 is 0 Å². The van der Waals surface area contributed by atoms with E-state index in [-0.39, 0.29) is 6.10 Å². The van der Waals surface area contributed by atoms with E-state index in [0.717, 1.165) is 24.3 Å². The molecule has 4 heteroatoms. The van der Waals surface area contributed by atoms with E-state index in [0.29, 0.717) is 19.2 Å². The summed E-state index contributed by atoms with van der Waals surface area (Å²) in [7, 11) is 0. The number of β-amino-alcohol motifs (C(OH)–C–C–N with tert-alkyl or cyclic N) is 1. The van der Waals surface area contributed by atoms with Crippen molar-refractivity contribution < 1.29 is 14.6 Å². The molecule has 1 heterocycles. The average Bonchev–Trinajstić information content (AvgIpc) is 2.57. The SMILES string of the molecule is CC1OCCN(CC(O)COc2ccc3ccccc3c2)C1C. The third kappa shape index (κ3) is 4.02. The van der Waals surface area contributed by atoms with Crippen LogP contribution in [0.1, 0.15) is 13.8 Å². The molecule has 0 saturated carbocycles. The molecule has 0 amide bonds. The van der Waals surface area contributed by atoms with Gasteiger partial charge in [0, 0.05) is 19.1 Å². The monoisotopic (exact) mass is 315 g/mol. The molecule has 0 aromatic heterocycles. The van der Waals surface area contributed by atoms with E-state index in [1.54, 1.807) is 0 Å². The first-order valence-electron chi connectivity index (χ1n) is 8.29. The van der Waals surface area contributed by atoms with E-state index in [4.69, 9.17) is 9.47 Å². The first-order valence-corrected chi connectivity index (χ1v) is 8.29. The molecule has 0 spiro atoms. The van der Waals surface area contributed by atoms with E-state index in [1.165, 1.54) is 5.39 Å². The number of aliphatic hydroxyl groups excluding tert-OH is 1. The largest absolute Gasteiger partial charge is 0.491 e. The van der Waals surface area contributed by atoms with Crippen molar-refractivity contribution in [1.29, 1.82) is 0 Å². The fourth-order valence-corrected chi connectivity index (χ4v) is 3.03. The van der Waals surface area contributed by atoms with Crippen LogP contribution in [0.2, 0.25) is 0 Å². The normalized spacial score (nSPS) is 23.8. The van der Waals surface area contributed by atoms with Crippen molar-refractivity contribution in [2.75, 3.05) is 26.3 Å². The van der Waals surface area contributed by atoms with Gasteiger partial charge in [0.05, 0.1) is 12.7 Å². The first-order chi connectivity index (χ1) is 11.1. The molecule has 23 heavy (non-hydrogen) atoms. The molecule has 3 atom stereocenters. The molecule has 1 aliphatic heterocycles. The number of morpholine rings is 1. The summed E-state index contributed by atoms with van der Waals surface area (Å²) in [5, 5.41) is 12.6. The summed E-state index contributed by atoms with van der Waals surface area (Å²) in [6.45, 7) is 6.72. The van der Waals surface area contributed by atoms with Gasteiger partial charge >= 0.3 is 0 Å². The Kier molecular flexibility index (Phi) is 5.16. The van der Waals surface area contributed by atoms with Gasteiger partial charge in [-0.15, -0.1) is 0 Å². The van der Waals surface area contributed by atoms with Crippen molar-refractivity contribution in [2.24, 2.45) is 0 Å². The van der Waals surface area contributed by atoms with Crippen molar-refractivity contribution in [3.05, 3.63) is 42.5 Å². The lowest BCUT2D eigenvalue weighted by atomic mass is 10.1. The summed E-state index contributed by atoms with van der Waals surface area (Å²) in [6, 6.07) is 14.5. The Hall–Kier alpha value is -1.62. The van der Waals surface area contributed by atoms with Crippen LogP contribution in [0.3, 0.4) is 0 Å². The predicted octanol–water partition coefficient (Wildman–Crippen LogP) is 2.69. The number of nitrogens with zero attached hydrogens (tertiary/aromatic N) is 1. The zero-order chi connectivity index (χ0) is 16.2. The molecular formula is C19H25NO3. The fourth-order valence-electron chi connectivity index (χ4n) is 3.03. The van der Waals surface area contributed by atoms with Crippen LogP contribution in [0, 0.1) is 0 Å². The number of hydrogen-bond donors (Lipinski definition) is 1. The Morgan fingerprint density at radius 2 is 2.00 bits per heavy atom. The van der Waals surface area contributed by atoms with Crippen LogP contribution in [0.4, 0.5) is 0 Å². The highest BCUT2D eigenvalue weighted by Gasteiger charge is 2.26. The van der Waals surface area contributed by atoms with E-state index < -0.39 is 6.10 Å². The highest BCUT2D eigenvalue weighted by atomic mass is 16.5. The zero-order valence-electron chi connectivity index (χ0n) is 13.8. The average molecular weight is 315 g/mol. The molecule has 124 valence electrons. The molecule has 0 bridgehead atoms. The molecule has 1 fully saturated rings. The van der Waals surface area contributed by atoms with Crippen molar-refractivity contribution in [2.45, 2.75) is 32.1 Å². The molecule has 4 nitrogen and oxygen atoms in total. The van der Waals surface area contributed by atoms with Gasteiger partial charge in [0.2, 0.25) is 0 Å². The van der Waals surface area contributed by atoms with Gasteiger partial charge in [-0.3, -0.25) is 4.90 Å². The Morgan fingerprint density at radius 3 is 2.83 bits per heavy atom. The Balaban J connectivity index is 1.54. The zero-order valence-corrected chi connectivity index (χ0v) is 13.8. The number of benzene rings is 2. The third-order valence-electron chi connectivity index (χ3n) is 4.62. The van der Waals surface area contributed by atoms with E-state index in [1.807, 2.05) is 30.3 Å². The molecular weight excluding hydrogens is 290 g/mol. The molecule has 3 rings (SSSR count). The van der Waals surface area contributed by atoms with Gasteiger partial charge in [-0.1, -0.05) is 30.3 Å². The van der Waals surface area contributed by atoms with Crippen molar-refractivity contribution >= 4 is 10.8 Å². The molecule has 1 N–H and O–H groups in total. The highest BCUT2D eigenvalue weighted by Crippen LogP contribution is 2.21. The second-order valence-electron chi connectivity index (χ2n) is 6.29. The van der Waals surface area contributed by atoms with E-state index in [2.05, 4.69) is 30.9 Å². The van der Waals surface area contributed by atoms with Crippen LogP contribution >= 0.6 is 0 Å². The van der Waals surface area contributed by atoms with Gasteiger partial charge in [-0.05, 0) is 36.8 Å². The summed E-state index contributed by atoms with van der Waals surface area (Å²) in [4.78, 5) is 2.27. The quantitative estimate of drug-likeness (QED) is 0.921. The van der Waals surface area contributed by atoms with Crippen molar-refractivity contribution in [1.82, 2.24) is 4.90 Å². The van der Waals surface area contributed by atoms with Gasteiger partial charge in [0.1, 0.15) is 18.5 Å². The van der Waals surface area contributed by atoms with Gasteiger partial charge < -0.3 is 14.6 Å². The lowest BCUT2D eigenvalue weighted by Crippen LogP contribution is -2.51. The molecule has 3 unspecified atom stereocenters. The predicted molar refractivity (Wildman–Crippen MR) is 91.9 cm³/mol. The molecule has 2 aromatic carbocycles. The maximum Gasteiger partial charge on any atom is 0.120 e. The Bertz CT molecular complexity index is 645. The lowest BCUT2D eigenvalue weighted by molar-refractivity contribution is -0.0701. The summed E-state index contributed by atoms with van der Waals surface area (Å²) in [5.74, 6) is 0.797. The minimum Gasteiger partial charge on any atom is -0.491 e. The maximum absolute atomic E-state index is 10.3. The molecule has 0 aliphatic carbocycles. The second-order valence-corrected chi connectivity index (χ2v) is 6.29. The van der Waals surface area contributed by atoms with Gasteiger partial charge in [0.15, 0.2) is 0 Å². The summed E-state index contributed by atoms with van der Waals surface area (Å²) in [6.07, 6.45) is -0.299. The van der Waals surface area contributed by atoms with Crippen LogP contribution in [-0.2, 0) is 4.74 Å².